The molecule has 3 aromatic carbocycles. The molecule has 0 radical (unpaired) electrons. The number of hydrogen-bond acceptors (Lipinski definition) is 9. The van der Waals surface area contributed by atoms with E-state index in [0.29, 0.717) is 26.9 Å². The second-order valence-electron chi connectivity index (χ2n) is 10.5. The van der Waals surface area contributed by atoms with Gasteiger partial charge in [-0.15, -0.1) is 0 Å². The number of rotatable bonds is 12. The Morgan fingerprint density at radius 1 is 1.09 bits per heavy atom. The standard InChI is InChI=1S/C33H33IN2O9/c1-42-29-13-22(18-38)11-24(34)32(29)45-28-16-23(33(41)35-9-10-37)15-25(31(28)40)36(30(39)14-20-5-3-2-4-6-20)17-21-7-8-26-27(12-21)44-19-43-26/h2-8,11-13,16,18,25,28,31,37,40H,9-10,14-15,17,19H2,1H3,(H,35,41). The average Bonchev–Trinajstić information content (AvgIpc) is 3.52. The lowest BCUT2D eigenvalue weighted by molar-refractivity contribution is -0.138. The number of carbonyl (C=O) groups is 3. The largest absolute Gasteiger partial charge is 0.493 e. The van der Waals surface area contributed by atoms with Gasteiger partial charge in [-0.25, -0.2) is 0 Å². The van der Waals surface area contributed by atoms with Crippen molar-refractivity contribution in [1.82, 2.24) is 10.2 Å². The van der Waals surface area contributed by atoms with Gasteiger partial charge in [-0.3, -0.25) is 14.4 Å². The molecule has 2 aliphatic rings. The van der Waals surface area contributed by atoms with Gasteiger partial charge in [0.05, 0.1) is 29.7 Å². The first-order chi connectivity index (χ1) is 21.8. The monoisotopic (exact) mass is 728 g/mol. The van der Waals surface area contributed by atoms with Crippen molar-refractivity contribution in [2.45, 2.75) is 37.6 Å². The smallest absolute Gasteiger partial charge is 0.247 e. The SMILES string of the molecule is COc1cc(C=O)cc(I)c1OC1C=C(C(=O)NCCO)CC(N(Cc2ccc3c(c2)OCO3)C(=O)Cc2ccccc2)C1O. The summed E-state index contributed by atoms with van der Waals surface area (Å²) in [7, 11) is 1.44. The van der Waals surface area contributed by atoms with E-state index >= 15 is 0 Å². The third-order valence-corrected chi connectivity index (χ3v) is 8.37. The molecular weight excluding hydrogens is 695 g/mol. The number of ether oxygens (including phenoxy) is 4. The highest BCUT2D eigenvalue weighted by Gasteiger charge is 2.41. The fourth-order valence-corrected chi connectivity index (χ4v) is 6.09. The summed E-state index contributed by atoms with van der Waals surface area (Å²) in [5.41, 5.74) is 2.20. The number of halogens is 1. The van der Waals surface area contributed by atoms with Crippen molar-refractivity contribution in [3.05, 3.63) is 92.6 Å². The van der Waals surface area contributed by atoms with Gasteiger partial charge in [0.25, 0.3) is 0 Å². The van der Waals surface area contributed by atoms with Crippen molar-refractivity contribution in [2.24, 2.45) is 0 Å². The van der Waals surface area contributed by atoms with Gasteiger partial charge in [0.1, 0.15) is 18.5 Å². The van der Waals surface area contributed by atoms with Crippen LogP contribution in [0.4, 0.5) is 0 Å². The zero-order chi connectivity index (χ0) is 31.9. The Labute approximate surface area is 273 Å². The van der Waals surface area contributed by atoms with Crippen LogP contribution in [0.3, 0.4) is 0 Å². The number of benzene rings is 3. The molecule has 11 nitrogen and oxygen atoms in total. The number of hydrogen-bond donors (Lipinski definition) is 3. The van der Waals surface area contributed by atoms with Crippen LogP contribution in [0.25, 0.3) is 0 Å². The summed E-state index contributed by atoms with van der Waals surface area (Å²) in [4.78, 5) is 40.3. The summed E-state index contributed by atoms with van der Waals surface area (Å²) in [6, 6.07) is 16.9. The molecule has 1 heterocycles. The second-order valence-corrected chi connectivity index (χ2v) is 11.7. The first-order valence-corrected chi connectivity index (χ1v) is 15.4. The van der Waals surface area contributed by atoms with Crippen LogP contribution in [-0.4, -0.2) is 78.5 Å². The number of methoxy groups -OCH3 is 1. The van der Waals surface area contributed by atoms with Crippen LogP contribution in [-0.2, 0) is 22.6 Å². The Bertz CT molecular complexity index is 1580. The molecule has 3 N–H and O–H groups in total. The van der Waals surface area contributed by atoms with E-state index in [4.69, 9.17) is 18.9 Å². The highest BCUT2D eigenvalue weighted by Crippen LogP contribution is 2.38. The van der Waals surface area contributed by atoms with Gasteiger partial charge >= 0.3 is 0 Å². The third-order valence-electron chi connectivity index (χ3n) is 7.56. The molecule has 0 bridgehead atoms. The van der Waals surface area contributed by atoms with E-state index in [2.05, 4.69) is 5.32 Å². The minimum Gasteiger partial charge on any atom is -0.493 e. The minimum atomic E-state index is -1.26. The van der Waals surface area contributed by atoms with Crippen LogP contribution >= 0.6 is 22.6 Å². The summed E-state index contributed by atoms with van der Waals surface area (Å²) in [6.07, 6.45) is -0.0322. The Morgan fingerprint density at radius 2 is 1.87 bits per heavy atom. The first kappa shape index (κ1) is 32.3. The normalized spacial score (nSPS) is 18.5. The maximum Gasteiger partial charge on any atom is 0.247 e. The van der Waals surface area contributed by atoms with Crippen LogP contribution in [0.5, 0.6) is 23.0 Å². The van der Waals surface area contributed by atoms with E-state index in [1.54, 1.807) is 23.1 Å². The van der Waals surface area contributed by atoms with Crippen molar-refractivity contribution < 1.29 is 43.5 Å². The van der Waals surface area contributed by atoms with E-state index in [1.165, 1.54) is 19.3 Å². The molecule has 0 aromatic heterocycles. The van der Waals surface area contributed by atoms with Gasteiger partial charge in [-0.1, -0.05) is 36.4 Å². The highest BCUT2D eigenvalue weighted by atomic mass is 127. The van der Waals surface area contributed by atoms with Gasteiger partial charge in [-0.2, -0.15) is 0 Å². The average molecular weight is 729 g/mol. The predicted molar refractivity (Wildman–Crippen MR) is 171 cm³/mol. The topological polar surface area (TPSA) is 144 Å². The van der Waals surface area contributed by atoms with Gasteiger partial charge in [0.2, 0.25) is 18.6 Å². The van der Waals surface area contributed by atoms with E-state index < -0.39 is 24.2 Å². The maximum absolute atomic E-state index is 14.0. The van der Waals surface area contributed by atoms with Crippen LogP contribution in [0.1, 0.15) is 27.9 Å². The van der Waals surface area contributed by atoms with Gasteiger partial charge in [-0.05, 0) is 64.1 Å². The molecule has 12 heteroatoms. The Morgan fingerprint density at radius 3 is 2.60 bits per heavy atom. The van der Waals surface area contributed by atoms with E-state index in [-0.39, 0.29) is 62.3 Å². The van der Waals surface area contributed by atoms with Crippen LogP contribution in [0.15, 0.2) is 72.3 Å². The fraction of sp³-hybridized carbons (Fsp3) is 0.303. The molecule has 2 amide bonds. The number of nitrogens with zero attached hydrogens (tertiary/aromatic N) is 1. The summed E-state index contributed by atoms with van der Waals surface area (Å²) >= 11 is 2.01. The molecule has 0 spiro atoms. The summed E-state index contributed by atoms with van der Waals surface area (Å²) in [5.74, 6) is 0.986. The van der Waals surface area contributed by atoms with Crippen molar-refractivity contribution in [1.29, 1.82) is 0 Å². The number of carbonyl (C=O) groups excluding carboxylic acids is 3. The van der Waals surface area contributed by atoms with Gasteiger partial charge < -0.3 is 39.4 Å². The van der Waals surface area contributed by atoms with Crippen molar-refractivity contribution in [2.75, 3.05) is 27.1 Å². The summed E-state index contributed by atoms with van der Waals surface area (Å²) < 4.78 is 23.3. The molecule has 3 unspecified atom stereocenters. The van der Waals surface area contributed by atoms with E-state index in [9.17, 15) is 24.6 Å². The van der Waals surface area contributed by atoms with Crippen LogP contribution in [0.2, 0.25) is 0 Å². The lowest BCUT2D eigenvalue weighted by Crippen LogP contribution is -2.55. The molecule has 3 atom stereocenters. The minimum absolute atomic E-state index is 0.0294. The van der Waals surface area contributed by atoms with E-state index in [1.807, 2.05) is 59.0 Å². The van der Waals surface area contributed by atoms with Crippen LogP contribution < -0.4 is 24.3 Å². The van der Waals surface area contributed by atoms with Gasteiger partial charge in [0.15, 0.2) is 23.0 Å². The number of aliphatic hydroxyl groups excluding tert-OH is 2. The van der Waals surface area contributed by atoms with Crippen molar-refractivity contribution in [3.63, 3.8) is 0 Å². The molecule has 1 aliphatic heterocycles. The zero-order valence-electron chi connectivity index (χ0n) is 24.5. The maximum atomic E-state index is 14.0. The molecule has 0 saturated carbocycles. The highest BCUT2D eigenvalue weighted by molar-refractivity contribution is 14.1. The van der Waals surface area contributed by atoms with Crippen molar-refractivity contribution in [3.8, 4) is 23.0 Å². The number of aldehydes is 1. The molecular formula is C33H33IN2O9. The number of amides is 2. The second kappa shape index (κ2) is 14.8. The third kappa shape index (κ3) is 7.57. The summed E-state index contributed by atoms with van der Waals surface area (Å²) in [6.45, 7) is -0.0168. The molecule has 0 saturated heterocycles. The lowest BCUT2D eigenvalue weighted by Gasteiger charge is -2.41. The van der Waals surface area contributed by atoms with E-state index in [0.717, 1.165) is 11.1 Å². The molecule has 45 heavy (non-hydrogen) atoms. The zero-order valence-corrected chi connectivity index (χ0v) is 26.6. The first-order valence-electron chi connectivity index (χ1n) is 14.3. The Balaban J connectivity index is 1.52. The Kier molecular flexibility index (Phi) is 10.6. The number of aliphatic hydroxyl groups is 2. The molecule has 1 aliphatic carbocycles. The number of fused-ring (bicyclic) bond motifs is 1. The number of nitrogens with one attached hydrogen (secondary N) is 1. The molecule has 5 rings (SSSR count). The predicted octanol–water partition coefficient (Wildman–Crippen LogP) is 3.03. The van der Waals surface area contributed by atoms with Crippen molar-refractivity contribution >= 4 is 40.7 Å². The fourth-order valence-electron chi connectivity index (χ4n) is 5.34. The summed E-state index contributed by atoms with van der Waals surface area (Å²) in [5, 5.41) is 23.8. The molecule has 0 fully saturated rings. The molecule has 3 aromatic rings. The van der Waals surface area contributed by atoms with Gasteiger partial charge in [0, 0.05) is 30.6 Å². The lowest BCUT2D eigenvalue weighted by atomic mass is 9.87. The Hall–Kier alpha value is -4.14. The molecule has 236 valence electrons. The quantitative estimate of drug-likeness (QED) is 0.190. The van der Waals surface area contributed by atoms with Crippen LogP contribution in [0, 0.1) is 3.57 Å².